The van der Waals surface area contributed by atoms with E-state index in [1.165, 1.54) is 0 Å². The van der Waals surface area contributed by atoms with Gasteiger partial charge >= 0.3 is 6.03 Å². The van der Waals surface area contributed by atoms with Gasteiger partial charge in [-0.05, 0) is 57.0 Å². The monoisotopic (exact) mass is 399 g/mol. The Morgan fingerprint density at radius 1 is 1.32 bits per heavy atom. The first-order valence-electron chi connectivity index (χ1n) is 9.80. The number of urea groups is 1. The number of hydrogen-bond acceptors (Lipinski definition) is 4. The Kier molecular flexibility index (Phi) is 4.65. The van der Waals surface area contributed by atoms with Crippen LogP contribution >= 0.6 is 11.3 Å². The molecule has 7 heteroatoms. The van der Waals surface area contributed by atoms with E-state index in [1.54, 1.807) is 11.3 Å². The van der Waals surface area contributed by atoms with Gasteiger partial charge in [0.1, 0.15) is 5.54 Å². The number of Topliss-reactive ketones (excluding diaryl/α,β-unsaturated/α-hetero) is 1. The fraction of sp³-hybridized carbons (Fsp3) is 0.476. The topological polar surface area (TPSA) is 71.4 Å². The molecule has 1 aliphatic carbocycles. The zero-order valence-corrected chi connectivity index (χ0v) is 17.3. The predicted molar refractivity (Wildman–Crippen MR) is 108 cm³/mol. The third-order valence-electron chi connectivity index (χ3n) is 5.96. The van der Waals surface area contributed by atoms with Crippen molar-refractivity contribution in [1.82, 2.24) is 14.8 Å². The molecule has 0 saturated carbocycles. The van der Waals surface area contributed by atoms with Crippen LogP contribution in [0.25, 0.3) is 0 Å². The molecule has 1 spiro atoms. The molecule has 2 aromatic heterocycles. The molecule has 2 aromatic rings. The molecule has 2 aliphatic rings. The van der Waals surface area contributed by atoms with E-state index in [9.17, 15) is 14.4 Å². The smallest absolute Gasteiger partial charge is 0.325 e. The number of fused-ring (bicyclic) bond motifs is 2. The summed E-state index contributed by atoms with van der Waals surface area (Å²) in [5, 5.41) is 4.87. The molecule has 28 heavy (non-hydrogen) atoms. The van der Waals surface area contributed by atoms with Crippen LogP contribution in [0.2, 0.25) is 0 Å². The van der Waals surface area contributed by atoms with Gasteiger partial charge in [0.2, 0.25) is 0 Å². The Morgan fingerprint density at radius 2 is 2.11 bits per heavy atom. The summed E-state index contributed by atoms with van der Waals surface area (Å²) >= 11 is 1.62. The number of amides is 3. The number of carbonyl (C=O) groups excluding carboxylic acids is 3. The van der Waals surface area contributed by atoms with Crippen molar-refractivity contribution in [2.45, 2.75) is 58.5 Å². The van der Waals surface area contributed by atoms with E-state index in [0.717, 1.165) is 52.5 Å². The molecule has 148 valence electrons. The minimum Gasteiger partial charge on any atom is -0.348 e. The number of ketones is 1. The van der Waals surface area contributed by atoms with Gasteiger partial charge in [0, 0.05) is 33.9 Å². The van der Waals surface area contributed by atoms with Crippen molar-refractivity contribution in [2.24, 2.45) is 0 Å². The zero-order chi connectivity index (χ0) is 20.1. The zero-order valence-electron chi connectivity index (χ0n) is 16.5. The Bertz CT molecular complexity index is 974. The minimum atomic E-state index is -0.996. The first-order valence-corrected chi connectivity index (χ1v) is 10.7. The average molecular weight is 400 g/mol. The van der Waals surface area contributed by atoms with E-state index in [0.29, 0.717) is 12.0 Å². The van der Waals surface area contributed by atoms with E-state index >= 15 is 0 Å². The molecule has 3 amide bonds. The van der Waals surface area contributed by atoms with Crippen LogP contribution in [0.5, 0.6) is 0 Å². The van der Waals surface area contributed by atoms with Crippen LogP contribution in [0.1, 0.15) is 58.4 Å². The second-order valence-corrected chi connectivity index (χ2v) is 8.70. The first-order chi connectivity index (χ1) is 13.4. The number of rotatable bonds is 5. The number of hydrogen-bond donors (Lipinski definition) is 1. The van der Waals surface area contributed by atoms with Crippen molar-refractivity contribution in [3.05, 3.63) is 44.9 Å². The van der Waals surface area contributed by atoms with Gasteiger partial charge in [-0.2, -0.15) is 0 Å². The number of imide groups is 1. The Labute approximate surface area is 168 Å². The summed E-state index contributed by atoms with van der Waals surface area (Å²) in [5.41, 5.74) is 2.41. The number of aromatic nitrogens is 1. The van der Waals surface area contributed by atoms with Crippen molar-refractivity contribution >= 4 is 29.1 Å². The summed E-state index contributed by atoms with van der Waals surface area (Å²) in [6.07, 6.45) is 3.33. The molecular formula is C21H25N3O3S. The maximum Gasteiger partial charge on any atom is 0.325 e. The van der Waals surface area contributed by atoms with Crippen molar-refractivity contribution in [3.8, 4) is 0 Å². The largest absolute Gasteiger partial charge is 0.348 e. The highest BCUT2D eigenvalue weighted by molar-refractivity contribution is 7.10. The average Bonchev–Trinajstić information content (AvgIpc) is 3.31. The second kappa shape index (κ2) is 6.88. The summed E-state index contributed by atoms with van der Waals surface area (Å²) in [6.45, 7) is 6.61. The number of nitrogens with zero attached hydrogens (tertiary/aromatic N) is 2. The molecule has 0 bridgehead atoms. The lowest BCUT2D eigenvalue weighted by atomic mass is 9.80. The van der Waals surface area contributed by atoms with E-state index < -0.39 is 11.6 Å². The number of thiophene rings is 1. The minimum absolute atomic E-state index is 0.197. The third-order valence-corrected chi connectivity index (χ3v) is 6.94. The fourth-order valence-corrected chi connectivity index (χ4v) is 5.56. The predicted octanol–water partition coefficient (Wildman–Crippen LogP) is 3.54. The summed E-state index contributed by atoms with van der Waals surface area (Å²) in [7, 11) is 0. The molecule has 3 heterocycles. The van der Waals surface area contributed by atoms with Crippen molar-refractivity contribution < 1.29 is 14.4 Å². The van der Waals surface area contributed by atoms with Crippen LogP contribution in [-0.4, -0.2) is 33.7 Å². The molecule has 1 aliphatic heterocycles. The lowest BCUT2D eigenvalue weighted by molar-refractivity contribution is -0.131. The fourth-order valence-electron chi connectivity index (χ4n) is 4.56. The van der Waals surface area contributed by atoms with Gasteiger partial charge in [0.15, 0.2) is 5.78 Å². The van der Waals surface area contributed by atoms with Crippen LogP contribution in [-0.2, 0) is 23.3 Å². The van der Waals surface area contributed by atoms with E-state index in [2.05, 4.69) is 16.8 Å². The lowest BCUT2D eigenvalue weighted by Gasteiger charge is -2.31. The van der Waals surface area contributed by atoms with Crippen LogP contribution in [0.4, 0.5) is 4.79 Å². The van der Waals surface area contributed by atoms with Crippen LogP contribution < -0.4 is 5.32 Å². The van der Waals surface area contributed by atoms with Gasteiger partial charge in [-0.1, -0.05) is 6.92 Å². The van der Waals surface area contributed by atoms with Crippen LogP contribution in [0.3, 0.4) is 0 Å². The maximum atomic E-state index is 13.3. The highest BCUT2D eigenvalue weighted by atomic mass is 32.1. The van der Waals surface area contributed by atoms with Crippen LogP contribution in [0, 0.1) is 13.8 Å². The number of nitrogens with one attached hydrogen (secondary N) is 1. The Hall–Kier alpha value is -2.41. The third kappa shape index (κ3) is 2.71. The molecule has 1 unspecified atom stereocenters. The summed E-state index contributed by atoms with van der Waals surface area (Å²) < 4.78 is 2.11. The van der Waals surface area contributed by atoms with Crippen molar-refractivity contribution in [1.29, 1.82) is 0 Å². The molecule has 0 radical (unpaired) electrons. The lowest BCUT2D eigenvalue weighted by Crippen LogP contribution is -2.46. The molecule has 6 nitrogen and oxygen atoms in total. The second-order valence-electron chi connectivity index (χ2n) is 7.70. The summed E-state index contributed by atoms with van der Waals surface area (Å²) in [5.74, 6) is -0.495. The molecule has 1 N–H and O–H groups in total. The standard InChI is InChI=1S/C21H25N3O3S/c1-4-9-23-13(2)11-15(14(23)3)17(25)12-24-19(26)21(22-20(24)27)8-5-6-18-16(21)7-10-28-18/h7,10-11H,4-6,8-9,12H2,1-3H3,(H,22,27). The van der Waals surface area contributed by atoms with Gasteiger partial charge in [-0.3, -0.25) is 14.5 Å². The van der Waals surface area contributed by atoms with Crippen LogP contribution in [0.15, 0.2) is 17.5 Å². The highest BCUT2D eigenvalue weighted by Crippen LogP contribution is 2.42. The van der Waals surface area contributed by atoms with E-state index in [1.807, 2.05) is 31.4 Å². The van der Waals surface area contributed by atoms with E-state index in [-0.39, 0.29) is 18.2 Å². The number of carbonyl (C=O) groups is 3. The molecule has 1 atom stereocenters. The Morgan fingerprint density at radius 3 is 2.86 bits per heavy atom. The van der Waals surface area contributed by atoms with Gasteiger partial charge in [0.25, 0.3) is 5.91 Å². The Balaban J connectivity index is 1.60. The van der Waals surface area contributed by atoms with E-state index in [4.69, 9.17) is 0 Å². The number of aryl methyl sites for hydroxylation is 2. The molecular weight excluding hydrogens is 374 g/mol. The molecule has 0 aromatic carbocycles. The van der Waals surface area contributed by atoms with Gasteiger partial charge in [-0.15, -0.1) is 11.3 Å². The molecule has 1 saturated heterocycles. The summed E-state index contributed by atoms with van der Waals surface area (Å²) in [4.78, 5) is 41.1. The quantitative estimate of drug-likeness (QED) is 0.617. The van der Waals surface area contributed by atoms with Gasteiger partial charge in [0.05, 0.1) is 6.54 Å². The van der Waals surface area contributed by atoms with Gasteiger partial charge < -0.3 is 9.88 Å². The van der Waals surface area contributed by atoms with Crippen molar-refractivity contribution in [2.75, 3.05) is 6.54 Å². The first kappa shape index (κ1) is 18.9. The summed E-state index contributed by atoms with van der Waals surface area (Å²) in [6, 6.07) is 3.32. The normalized spacial score (nSPS) is 21.3. The maximum absolute atomic E-state index is 13.3. The van der Waals surface area contributed by atoms with Crippen molar-refractivity contribution in [3.63, 3.8) is 0 Å². The SMILES string of the molecule is CCCn1c(C)cc(C(=O)CN2C(=O)NC3(CCCc4sccc43)C2=O)c1C. The van der Waals surface area contributed by atoms with Gasteiger partial charge in [-0.25, -0.2) is 4.79 Å². The highest BCUT2D eigenvalue weighted by Gasteiger charge is 2.54. The molecule has 1 fully saturated rings. The molecule has 4 rings (SSSR count).